The van der Waals surface area contributed by atoms with Crippen LogP contribution in [0.15, 0.2) is 22.7 Å². The summed E-state index contributed by atoms with van der Waals surface area (Å²) in [5.41, 5.74) is 1.13. The van der Waals surface area contributed by atoms with Gasteiger partial charge in [-0.2, -0.15) is 0 Å². The van der Waals surface area contributed by atoms with Crippen molar-refractivity contribution in [2.75, 3.05) is 19.6 Å². The predicted molar refractivity (Wildman–Crippen MR) is 78.6 cm³/mol. The fourth-order valence-electron chi connectivity index (χ4n) is 1.47. The predicted octanol–water partition coefficient (Wildman–Crippen LogP) is 3.44. The zero-order valence-electron chi connectivity index (χ0n) is 10.4. The first-order valence-corrected chi connectivity index (χ1v) is 7.12. The largest absolute Gasteiger partial charge is 0.315 e. The number of hydrogen-bond acceptors (Lipinski definition) is 2. The molecular formula is C13H20BrClN2. The Hall–Kier alpha value is -0.0900. The topological polar surface area (TPSA) is 24.1 Å². The lowest BCUT2D eigenvalue weighted by Crippen LogP contribution is -2.29. The van der Waals surface area contributed by atoms with Gasteiger partial charge in [0.1, 0.15) is 0 Å². The third-order valence-corrected chi connectivity index (χ3v) is 3.22. The second-order valence-electron chi connectivity index (χ2n) is 4.51. The monoisotopic (exact) mass is 318 g/mol. The van der Waals surface area contributed by atoms with E-state index in [9.17, 15) is 0 Å². The van der Waals surface area contributed by atoms with Crippen LogP contribution in [0.4, 0.5) is 0 Å². The first kappa shape index (κ1) is 15.0. The van der Waals surface area contributed by atoms with E-state index >= 15 is 0 Å². The molecule has 0 aliphatic heterocycles. The normalized spacial score (nSPS) is 11.1. The lowest BCUT2D eigenvalue weighted by molar-refractivity contribution is 0.535. The molecule has 0 aromatic heterocycles. The quantitative estimate of drug-likeness (QED) is 0.752. The number of benzene rings is 1. The maximum absolute atomic E-state index is 6.10. The van der Waals surface area contributed by atoms with Crippen molar-refractivity contribution in [2.45, 2.75) is 20.4 Å². The second-order valence-corrected chi connectivity index (χ2v) is 5.83. The van der Waals surface area contributed by atoms with E-state index in [4.69, 9.17) is 11.6 Å². The van der Waals surface area contributed by atoms with Gasteiger partial charge in [-0.15, -0.1) is 0 Å². The third-order valence-electron chi connectivity index (χ3n) is 2.35. The van der Waals surface area contributed by atoms with Crippen LogP contribution in [0.25, 0.3) is 0 Å². The summed E-state index contributed by atoms with van der Waals surface area (Å²) in [6.45, 7) is 8.24. The maximum Gasteiger partial charge on any atom is 0.0451 e. The van der Waals surface area contributed by atoms with Gasteiger partial charge >= 0.3 is 0 Å². The summed E-state index contributed by atoms with van der Waals surface area (Å²) in [5.74, 6) is 0.703. The molecular weight excluding hydrogens is 300 g/mol. The Morgan fingerprint density at radius 1 is 1.24 bits per heavy atom. The van der Waals surface area contributed by atoms with Gasteiger partial charge in [0, 0.05) is 29.1 Å². The molecule has 1 aromatic carbocycles. The van der Waals surface area contributed by atoms with Gasteiger partial charge in [-0.05, 0) is 36.2 Å². The molecule has 0 unspecified atom stereocenters. The van der Waals surface area contributed by atoms with Crippen LogP contribution in [0.1, 0.15) is 19.4 Å². The summed E-state index contributed by atoms with van der Waals surface area (Å²) in [6, 6.07) is 5.92. The lowest BCUT2D eigenvalue weighted by Gasteiger charge is -2.09. The van der Waals surface area contributed by atoms with Crippen molar-refractivity contribution < 1.29 is 0 Å². The molecule has 0 aliphatic rings. The van der Waals surface area contributed by atoms with Crippen molar-refractivity contribution in [2.24, 2.45) is 5.92 Å². The molecule has 0 heterocycles. The molecule has 96 valence electrons. The summed E-state index contributed by atoms with van der Waals surface area (Å²) in [6.07, 6.45) is 0. The van der Waals surface area contributed by atoms with E-state index in [-0.39, 0.29) is 0 Å². The van der Waals surface area contributed by atoms with Crippen molar-refractivity contribution in [3.63, 3.8) is 0 Å². The molecule has 0 atom stereocenters. The van der Waals surface area contributed by atoms with Crippen LogP contribution in [-0.4, -0.2) is 19.6 Å². The highest BCUT2D eigenvalue weighted by Crippen LogP contribution is 2.20. The molecule has 0 fully saturated rings. The maximum atomic E-state index is 6.10. The molecule has 0 radical (unpaired) electrons. The summed E-state index contributed by atoms with van der Waals surface area (Å²) >= 11 is 9.55. The van der Waals surface area contributed by atoms with Crippen LogP contribution < -0.4 is 10.6 Å². The molecule has 0 amide bonds. The van der Waals surface area contributed by atoms with Crippen molar-refractivity contribution >= 4 is 27.5 Å². The highest BCUT2D eigenvalue weighted by molar-refractivity contribution is 9.10. The van der Waals surface area contributed by atoms with Crippen LogP contribution in [0, 0.1) is 5.92 Å². The minimum absolute atomic E-state index is 0.703. The van der Waals surface area contributed by atoms with Gasteiger partial charge in [0.25, 0.3) is 0 Å². The number of nitrogens with one attached hydrogen (secondary N) is 2. The smallest absolute Gasteiger partial charge is 0.0451 e. The van der Waals surface area contributed by atoms with E-state index in [0.717, 1.165) is 41.2 Å². The zero-order chi connectivity index (χ0) is 12.7. The molecule has 2 nitrogen and oxygen atoms in total. The van der Waals surface area contributed by atoms with Gasteiger partial charge in [-0.3, -0.25) is 0 Å². The van der Waals surface area contributed by atoms with Gasteiger partial charge in [-0.25, -0.2) is 0 Å². The van der Waals surface area contributed by atoms with E-state index in [1.807, 2.05) is 12.1 Å². The molecule has 0 spiro atoms. The van der Waals surface area contributed by atoms with Crippen LogP contribution in [0.2, 0.25) is 5.02 Å². The Bertz CT molecular complexity index is 342. The van der Waals surface area contributed by atoms with Gasteiger partial charge in [-0.1, -0.05) is 41.4 Å². The summed E-state index contributed by atoms with van der Waals surface area (Å²) in [7, 11) is 0. The highest BCUT2D eigenvalue weighted by Gasteiger charge is 2.00. The Kier molecular flexibility index (Phi) is 7.12. The van der Waals surface area contributed by atoms with Gasteiger partial charge in [0.2, 0.25) is 0 Å². The minimum atomic E-state index is 0.703. The van der Waals surface area contributed by atoms with Gasteiger partial charge in [0.15, 0.2) is 0 Å². The summed E-state index contributed by atoms with van der Waals surface area (Å²) in [5, 5.41) is 7.58. The molecule has 4 heteroatoms. The van der Waals surface area contributed by atoms with E-state index in [1.165, 1.54) is 0 Å². The number of rotatable bonds is 7. The molecule has 0 saturated heterocycles. The molecule has 1 rings (SSSR count). The Morgan fingerprint density at radius 3 is 2.65 bits per heavy atom. The average molecular weight is 320 g/mol. The lowest BCUT2D eigenvalue weighted by atomic mass is 10.2. The second kappa shape index (κ2) is 8.09. The van der Waals surface area contributed by atoms with E-state index in [1.54, 1.807) is 0 Å². The van der Waals surface area contributed by atoms with Crippen molar-refractivity contribution in [3.05, 3.63) is 33.3 Å². The Morgan fingerprint density at radius 2 is 1.94 bits per heavy atom. The zero-order valence-corrected chi connectivity index (χ0v) is 12.7. The van der Waals surface area contributed by atoms with Crippen molar-refractivity contribution in [1.29, 1.82) is 0 Å². The van der Waals surface area contributed by atoms with Crippen LogP contribution in [0.5, 0.6) is 0 Å². The van der Waals surface area contributed by atoms with Crippen LogP contribution >= 0.6 is 27.5 Å². The third kappa shape index (κ3) is 6.41. The average Bonchev–Trinajstić information content (AvgIpc) is 2.27. The van der Waals surface area contributed by atoms with Gasteiger partial charge < -0.3 is 10.6 Å². The summed E-state index contributed by atoms with van der Waals surface area (Å²) < 4.78 is 1.07. The Balaban J connectivity index is 2.20. The molecule has 1 aromatic rings. The van der Waals surface area contributed by atoms with Crippen molar-refractivity contribution in [3.8, 4) is 0 Å². The van der Waals surface area contributed by atoms with Crippen molar-refractivity contribution in [1.82, 2.24) is 10.6 Å². The molecule has 0 bridgehead atoms. The molecule has 17 heavy (non-hydrogen) atoms. The molecule has 0 saturated carbocycles. The molecule has 2 N–H and O–H groups in total. The number of halogens is 2. The van der Waals surface area contributed by atoms with E-state index in [2.05, 4.69) is 46.5 Å². The first-order chi connectivity index (χ1) is 8.09. The molecule has 0 aliphatic carbocycles. The number of hydrogen-bond donors (Lipinski definition) is 2. The fourth-order valence-corrected chi connectivity index (χ4v) is 2.06. The van der Waals surface area contributed by atoms with E-state index in [0.29, 0.717) is 5.92 Å². The van der Waals surface area contributed by atoms with Crippen LogP contribution in [-0.2, 0) is 6.54 Å². The summed E-state index contributed by atoms with van der Waals surface area (Å²) in [4.78, 5) is 0. The SMILES string of the molecule is CC(C)CNCCNCc1cc(Br)ccc1Cl. The highest BCUT2D eigenvalue weighted by atomic mass is 79.9. The van der Waals surface area contributed by atoms with Crippen LogP contribution in [0.3, 0.4) is 0 Å². The standard InChI is InChI=1S/C13H20BrClN2/c1-10(2)8-16-5-6-17-9-11-7-12(14)3-4-13(11)15/h3-4,7,10,16-17H,5-6,8-9H2,1-2H3. The first-order valence-electron chi connectivity index (χ1n) is 5.95. The fraction of sp³-hybridized carbons (Fsp3) is 0.538. The van der Waals surface area contributed by atoms with Gasteiger partial charge in [0.05, 0.1) is 0 Å². The Labute approximate surface area is 117 Å². The minimum Gasteiger partial charge on any atom is -0.315 e. The van der Waals surface area contributed by atoms with E-state index < -0.39 is 0 Å².